The van der Waals surface area contributed by atoms with Gasteiger partial charge in [0.05, 0.1) is 14.2 Å². The Balaban J connectivity index is 2.47. The van der Waals surface area contributed by atoms with Crippen molar-refractivity contribution in [3.8, 4) is 11.5 Å². The maximum Gasteiger partial charge on any atom is 0.247 e. The number of sulfonamides is 1. The van der Waals surface area contributed by atoms with Gasteiger partial charge in [-0.15, -0.1) is 0 Å². The number of hydrogen-bond donors (Lipinski definition) is 1. The van der Waals surface area contributed by atoms with E-state index < -0.39 is 10.0 Å². The Hall–Kier alpha value is -1.31. The summed E-state index contributed by atoms with van der Waals surface area (Å²) in [6.45, 7) is 4.93. The van der Waals surface area contributed by atoms with Crippen LogP contribution in [0.3, 0.4) is 0 Å². The second-order valence-corrected chi connectivity index (χ2v) is 7.11. The number of methoxy groups -OCH3 is 2. The molecule has 0 amide bonds. The Morgan fingerprint density at radius 1 is 1.24 bits per heavy atom. The molecule has 1 aliphatic heterocycles. The summed E-state index contributed by atoms with van der Waals surface area (Å²) in [5, 5.41) is 3.27. The topological polar surface area (TPSA) is 67.9 Å². The van der Waals surface area contributed by atoms with Crippen LogP contribution >= 0.6 is 0 Å². The zero-order chi connectivity index (χ0) is 15.6. The van der Waals surface area contributed by atoms with Crippen LogP contribution in [-0.4, -0.2) is 52.1 Å². The van der Waals surface area contributed by atoms with Crippen molar-refractivity contribution in [2.45, 2.75) is 30.8 Å². The van der Waals surface area contributed by atoms with E-state index in [0.717, 1.165) is 0 Å². The van der Waals surface area contributed by atoms with Crippen molar-refractivity contribution < 1.29 is 17.9 Å². The monoisotopic (exact) mass is 314 g/mol. The molecular weight excluding hydrogens is 292 g/mol. The van der Waals surface area contributed by atoms with Gasteiger partial charge in [0, 0.05) is 31.2 Å². The second kappa shape index (κ2) is 6.21. The van der Waals surface area contributed by atoms with Crippen LogP contribution < -0.4 is 14.8 Å². The van der Waals surface area contributed by atoms with Gasteiger partial charge < -0.3 is 14.8 Å². The van der Waals surface area contributed by atoms with Crippen molar-refractivity contribution in [3.63, 3.8) is 0 Å². The number of piperazine rings is 1. The van der Waals surface area contributed by atoms with Crippen LogP contribution in [-0.2, 0) is 10.0 Å². The lowest BCUT2D eigenvalue weighted by molar-refractivity contribution is 0.244. The average molecular weight is 314 g/mol. The number of rotatable bonds is 4. The van der Waals surface area contributed by atoms with Crippen LogP contribution in [0.2, 0.25) is 0 Å². The SMILES string of the molecule is COc1ccc(OC)c(S(=O)(=O)N2CC(C)NCC2C)c1. The Morgan fingerprint density at radius 3 is 2.57 bits per heavy atom. The lowest BCUT2D eigenvalue weighted by Gasteiger charge is -2.36. The fourth-order valence-corrected chi connectivity index (χ4v) is 4.33. The number of nitrogens with one attached hydrogen (secondary N) is 1. The summed E-state index contributed by atoms with van der Waals surface area (Å²) < 4.78 is 37.8. The first-order valence-electron chi connectivity index (χ1n) is 6.87. The minimum atomic E-state index is -3.63. The Kier molecular flexibility index (Phi) is 4.75. The fourth-order valence-electron chi connectivity index (χ4n) is 2.43. The summed E-state index contributed by atoms with van der Waals surface area (Å²) in [5.41, 5.74) is 0. The van der Waals surface area contributed by atoms with Crippen LogP contribution in [0.5, 0.6) is 11.5 Å². The average Bonchev–Trinajstić information content (AvgIpc) is 2.48. The van der Waals surface area contributed by atoms with Gasteiger partial charge in [0.15, 0.2) is 0 Å². The van der Waals surface area contributed by atoms with Crippen LogP contribution in [0.25, 0.3) is 0 Å². The predicted octanol–water partition coefficient (Wildman–Crippen LogP) is 1.07. The second-order valence-electron chi connectivity index (χ2n) is 5.25. The van der Waals surface area contributed by atoms with Gasteiger partial charge in [-0.3, -0.25) is 0 Å². The van der Waals surface area contributed by atoms with Crippen LogP contribution in [0.4, 0.5) is 0 Å². The highest BCUT2D eigenvalue weighted by Crippen LogP contribution is 2.32. The normalized spacial score (nSPS) is 23.8. The van der Waals surface area contributed by atoms with Gasteiger partial charge >= 0.3 is 0 Å². The summed E-state index contributed by atoms with van der Waals surface area (Å²) in [6, 6.07) is 4.81. The molecule has 1 aromatic rings. The molecule has 1 heterocycles. The van der Waals surface area contributed by atoms with E-state index in [1.54, 1.807) is 12.1 Å². The molecular formula is C14H22N2O4S. The van der Waals surface area contributed by atoms with E-state index in [1.165, 1.54) is 24.6 Å². The van der Waals surface area contributed by atoms with Gasteiger partial charge in [-0.2, -0.15) is 4.31 Å². The molecule has 1 N–H and O–H groups in total. The van der Waals surface area contributed by atoms with Crippen LogP contribution in [0.1, 0.15) is 13.8 Å². The molecule has 1 saturated heterocycles. The number of nitrogens with zero attached hydrogens (tertiary/aromatic N) is 1. The lowest BCUT2D eigenvalue weighted by atomic mass is 10.2. The molecule has 2 unspecified atom stereocenters. The smallest absolute Gasteiger partial charge is 0.247 e. The highest BCUT2D eigenvalue weighted by atomic mass is 32.2. The van der Waals surface area contributed by atoms with Crippen LogP contribution in [0.15, 0.2) is 23.1 Å². The fraction of sp³-hybridized carbons (Fsp3) is 0.571. The largest absolute Gasteiger partial charge is 0.497 e. The molecule has 1 fully saturated rings. The lowest BCUT2D eigenvalue weighted by Crippen LogP contribution is -2.56. The van der Waals surface area contributed by atoms with Crippen LogP contribution in [0, 0.1) is 0 Å². The van der Waals surface area contributed by atoms with E-state index >= 15 is 0 Å². The van der Waals surface area contributed by atoms with Gasteiger partial charge in [-0.05, 0) is 26.0 Å². The molecule has 7 heteroatoms. The summed E-state index contributed by atoms with van der Waals surface area (Å²) in [4.78, 5) is 0.144. The molecule has 0 bridgehead atoms. The molecule has 2 atom stereocenters. The van der Waals surface area contributed by atoms with Crippen molar-refractivity contribution in [2.75, 3.05) is 27.3 Å². The van der Waals surface area contributed by atoms with E-state index in [1.807, 2.05) is 13.8 Å². The molecule has 6 nitrogen and oxygen atoms in total. The number of ether oxygens (including phenoxy) is 2. The standard InChI is InChI=1S/C14H22N2O4S/c1-10-9-16(11(2)8-15-10)21(17,18)14-7-12(19-3)5-6-13(14)20-4/h5-7,10-11,15H,8-9H2,1-4H3. The highest BCUT2D eigenvalue weighted by molar-refractivity contribution is 7.89. The third-order valence-electron chi connectivity index (χ3n) is 3.66. The molecule has 1 aromatic carbocycles. The minimum absolute atomic E-state index is 0.109. The Labute approximate surface area is 126 Å². The summed E-state index contributed by atoms with van der Waals surface area (Å²) in [5.74, 6) is 0.819. The van der Waals surface area contributed by atoms with E-state index in [9.17, 15) is 8.42 Å². The van der Waals surface area contributed by atoms with Gasteiger partial charge in [0.1, 0.15) is 16.4 Å². The molecule has 118 valence electrons. The first-order chi connectivity index (χ1) is 9.90. The Morgan fingerprint density at radius 2 is 1.95 bits per heavy atom. The van der Waals surface area contributed by atoms with Gasteiger partial charge in [0.2, 0.25) is 10.0 Å². The summed E-state index contributed by atoms with van der Waals surface area (Å²) in [7, 11) is -0.661. The first kappa shape index (κ1) is 16.1. The molecule has 0 saturated carbocycles. The van der Waals surface area contributed by atoms with Crippen molar-refractivity contribution in [3.05, 3.63) is 18.2 Å². The zero-order valence-corrected chi connectivity index (χ0v) is 13.6. The highest BCUT2D eigenvalue weighted by Gasteiger charge is 2.35. The maximum atomic E-state index is 13.0. The first-order valence-corrected chi connectivity index (χ1v) is 8.31. The van der Waals surface area contributed by atoms with Gasteiger partial charge in [-0.25, -0.2) is 8.42 Å². The van der Waals surface area contributed by atoms with Gasteiger partial charge in [-0.1, -0.05) is 0 Å². The number of benzene rings is 1. The summed E-state index contributed by atoms with van der Waals surface area (Å²) in [6.07, 6.45) is 0. The van der Waals surface area contributed by atoms with Crippen molar-refractivity contribution in [2.24, 2.45) is 0 Å². The molecule has 21 heavy (non-hydrogen) atoms. The number of hydrogen-bond acceptors (Lipinski definition) is 5. The molecule has 0 radical (unpaired) electrons. The van der Waals surface area contributed by atoms with E-state index in [-0.39, 0.29) is 17.0 Å². The third-order valence-corrected chi connectivity index (χ3v) is 5.67. The van der Waals surface area contributed by atoms with E-state index in [0.29, 0.717) is 24.6 Å². The molecule has 0 aliphatic carbocycles. The van der Waals surface area contributed by atoms with E-state index in [4.69, 9.17) is 9.47 Å². The third kappa shape index (κ3) is 3.14. The van der Waals surface area contributed by atoms with Crippen molar-refractivity contribution in [1.82, 2.24) is 9.62 Å². The van der Waals surface area contributed by atoms with Gasteiger partial charge in [0.25, 0.3) is 0 Å². The van der Waals surface area contributed by atoms with E-state index in [2.05, 4.69) is 5.32 Å². The molecule has 1 aliphatic rings. The minimum Gasteiger partial charge on any atom is -0.497 e. The Bertz CT molecular complexity index is 603. The van der Waals surface area contributed by atoms with Crippen molar-refractivity contribution in [1.29, 1.82) is 0 Å². The zero-order valence-electron chi connectivity index (χ0n) is 12.8. The van der Waals surface area contributed by atoms with Crippen molar-refractivity contribution >= 4 is 10.0 Å². The predicted molar refractivity (Wildman–Crippen MR) is 80.4 cm³/mol. The molecule has 0 spiro atoms. The quantitative estimate of drug-likeness (QED) is 0.900. The summed E-state index contributed by atoms with van der Waals surface area (Å²) >= 11 is 0. The maximum absolute atomic E-state index is 13.0. The molecule has 0 aromatic heterocycles. The molecule has 2 rings (SSSR count).